The molecule has 1 aliphatic carbocycles. The summed E-state index contributed by atoms with van der Waals surface area (Å²) in [5.41, 5.74) is 2.89. The number of hydrogen-bond acceptors (Lipinski definition) is 2. The maximum absolute atomic E-state index is 12.8. The Balaban J connectivity index is 1.61. The van der Waals surface area contributed by atoms with Gasteiger partial charge in [0.25, 0.3) is 0 Å². The largest absolute Gasteiger partial charge is 0.341 e. The van der Waals surface area contributed by atoms with Crippen LogP contribution < -0.4 is 0 Å². The van der Waals surface area contributed by atoms with Crippen LogP contribution in [-0.2, 0) is 11.2 Å². The Morgan fingerprint density at radius 1 is 1.41 bits per heavy atom. The zero-order valence-electron chi connectivity index (χ0n) is 13.7. The lowest BCUT2D eigenvalue weighted by molar-refractivity contribution is -0.144. The van der Waals surface area contributed by atoms with E-state index in [-0.39, 0.29) is 5.92 Å². The van der Waals surface area contributed by atoms with Crippen molar-refractivity contribution in [2.24, 2.45) is 5.41 Å². The van der Waals surface area contributed by atoms with Crippen LogP contribution in [-0.4, -0.2) is 49.4 Å². The summed E-state index contributed by atoms with van der Waals surface area (Å²) < 4.78 is 1.11. The van der Waals surface area contributed by atoms with Gasteiger partial charge in [0, 0.05) is 23.0 Å². The fourth-order valence-corrected chi connectivity index (χ4v) is 4.15. The van der Waals surface area contributed by atoms with Crippen LogP contribution >= 0.6 is 15.9 Å². The van der Waals surface area contributed by atoms with Crippen LogP contribution in [0.2, 0.25) is 0 Å². The molecule has 0 bridgehead atoms. The van der Waals surface area contributed by atoms with Gasteiger partial charge in [0.1, 0.15) is 0 Å². The van der Waals surface area contributed by atoms with Gasteiger partial charge in [-0.15, -0.1) is 0 Å². The van der Waals surface area contributed by atoms with E-state index < -0.39 is 0 Å². The van der Waals surface area contributed by atoms with Crippen molar-refractivity contribution in [1.82, 2.24) is 9.80 Å². The van der Waals surface area contributed by atoms with Crippen LogP contribution in [0.5, 0.6) is 0 Å². The molecule has 1 atom stereocenters. The summed E-state index contributed by atoms with van der Waals surface area (Å²) in [6, 6.07) is 6.35. The first-order chi connectivity index (χ1) is 10.4. The van der Waals surface area contributed by atoms with Crippen molar-refractivity contribution >= 4 is 21.8 Å². The van der Waals surface area contributed by atoms with E-state index in [0.29, 0.717) is 11.3 Å². The molecule has 1 fully saturated rings. The fraction of sp³-hybridized carbons (Fsp3) is 0.611. The van der Waals surface area contributed by atoms with Crippen LogP contribution in [0.25, 0.3) is 0 Å². The first-order valence-corrected chi connectivity index (χ1v) is 8.89. The first kappa shape index (κ1) is 16.0. The predicted octanol–water partition coefficient (Wildman–Crippen LogP) is 3.28. The molecule has 0 N–H and O–H groups in total. The van der Waals surface area contributed by atoms with Crippen molar-refractivity contribution in [2.45, 2.75) is 32.1 Å². The molecule has 3 nitrogen and oxygen atoms in total. The Labute approximate surface area is 141 Å². The zero-order chi connectivity index (χ0) is 15.9. The summed E-state index contributed by atoms with van der Waals surface area (Å²) >= 11 is 3.52. The lowest BCUT2D eigenvalue weighted by Crippen LogP contribution is -2.58. The van der Waals surface area contributed by atoms with Gasteiger partial charge in [-0.05, 0) is 63.2 Å². The molecule has 0 radical (unpaired) electrons. The number of hydrogen-bond donors (Lipinski definition) is 0. The summed E-state index contributed by atoms with van der Waals surface area (Å²) in [7, 11) is 4.22. The Morgan fingerprint density at radius 2 is 2.14 bits per heavy atom. The highest BCUT2D eigenvalue weighted by Gasteiger charge is 2.43. The highest BCUT2D eigenvalue weighted by Crippen LogP contribution is 2.40. The van der Waals surface area contributed by atoms with Gasteiger partial charge in [0.05, 0.1) is 5.92 Å². The second kappa shape index (κ2) is 5.97. The van der Waals surface area contributed by atoms with Crippen molar-refractivity contribution in [2.75, 3.05) is 33.7 Å². The molecule has 1 aliphatic heterocycles. The molecule has 4 heteroatoms. The first-order valence-electron chi connectivity index (χ1n) is 8.10. The molecule has 0 aromatic heterocycles. The average molecular weight is 365 g/mol. The van der Waals surface area contributed by atoms with Crippen LogP contribution in [0, 0.1) is 5.41 Å². The molecule has 1 unspecified atom stereocenters. The molecule has 1 saturated heterocycles. The minimum Gasteiger partial charge on any atom is -0.341 e. The summed E-state index contributed by atoms with van der Waals surface area (Å²) in [5.74, 6) is 0.421. The van der Waals surface area contributed by atoms with Gasteiger partial charge in [-0.2, -0.15) is 0 Å². The van der Waals surface area contributed by atoms with Crippen LogP contribution in [0.3, 0.4) is 0 Å². The molecule has 1 aromatic carbocycles. The predicted molar refractivity (Wildman–Crippen MR) is 93.1 cm³/mol. The number of nitrogens with zero attached hydrogens (tertiary/aromatic N) is 2. The van der Waals surface area contributed by atoms with Gasteiger partial charge in [0.15, 0.2) is 0 Å². The summed E-state index contributed by atoms with van der Waals surface area (Å²) in [4.78, 5) is 17.1. The quantitative estimate of drug-likeness (QED) is 0.818. The zero-order valence-corrected chi connectivity index (χ0v) is 15.3. The monoisotopic (exact) mass is 364 g/mol. The Morgan fingerprint density at radius 3 is 2.82 bits per heavy atom. The molecule has 22 heavy (non-hydrogen) atoms. The molecular formula is C18H25BrN2O. The van der Waals surface area contributed by atoms with Gasteiger partial charge >= 0.3 is 0 Å². The van der Waals surface area contributed by atoms with E-state index in [4.69, 9.17) is 0 Å². The highest BCUT2D eigenvalue weighted by atomic mass is 79.9. The third-order valence-corrected chi connectivity index (χ3v) is 5.59. The smallest absolute Gasteiger partial charge is 0.230 e. The minimum absolute atomic E-state index is 0.0847. The molecule has 0 spiro atoms. The van der Waals surface area contributed by atoms with Crippen molar-refractivity contribution in [1.29, 1.82) is 0 Å². The Bertz CT molecular complexity index is 578. The lowest BCUT2D eigenvalue weighted by atomic mass is 9.78. The minimum atomic E-state index is 0.0847. The number of likely N-dealkylation sites (tertiary alicyclic amines) is 1. The normalized spacial score (nSPS) is 22.6. The van der Waals surface area contributed by atoms with E-state index in [1.807, 2.05) is 0 Å². The van der Waals surface area contributed by atoms with E-state index in [9.17, 15) is 4.79 Å². The number of fused-ring (bicyclic) bond motifs is 1. The standard InChI is InChI=1S/C18H25BrN2O/c1-18(8-9-20(2)3)11-21(12-18)17(22)16-6-4-13-10-14(19)5-7-15(13)16/h5,7,10,16H,4,6,8-9,11-12H2,1-3H3. The topological polar surface area (TPSA) is 23.6 Å². The molecular weight excluding hydrogens is 340 g/mol. The molecule has 2 aliphatic rings. The second-order valence-electron chi connectivity index (χ2n) is 7.49. The number of aryl methyl sites for hydroxylation is 1. The Kier molecular flexibility index (Phi) is 4.34. The van der Waals surface area contributed by atoms with Crippen LogP contribution in [0.15, 0.2) is 22.7 Å². The van der Waals surface area contributed by atoms with Crippen molar-refractivity contribution in [3.05, 3.63) is 33.8 Å². The van der Waals surface area contributed by atoms with Crippen LogP contribution in [0.4, 0.5) is 0 Å². The summed E-state index contributed by atoms with van der Waals surface area (Å²) in [6.07, 6.45) is 3.16. The molecule has 1 heterocycles. The van der Waals surface area contributed by atoms with Gasteiger partial charge in [-0.3, -0.25) is 4.79 Å². The molecule has 1 aromatic rings. The number of benzene rings is 1. The average Bonchev–Trinajstić information content (AvgIpc) is 2.84. The summed E-state index contributed by atoms with van der Waals surface area (Å²) in [5, 5.41) is 0. The maximum Gasteiger partial charge on any atom is 0.230 e. The van der Waals surface area contributed by atoms with Gasteiger partial charge < -0.3 is 9.80 Å². The number of rotatable bonds is 4. The number of amides is 1. The SMILES string of the molecule is CN(C)CCC1(C)CN(C(=O)C2CCc3cc(Br)ccc32)C1. The van der Waals surface area contributed by atoms with Crippen molar-refractivity contribution < 1.29 is 4.79 Å². The van der Waals surface area contributed by atoms with Gasteiger partial charge in [0.2, 0.25) is 5.91 Å². The molecule has 3 rings (SSSR count). The molecule has 0 saturated carbocycles. The van der Waals surface area contributed by atoms with E-state index in [0.717, 1.165) is 43.4 Å². The maximum atomic E-state index is 12.8. The van der Waals surface area contributed by atoms with Crippen molar-refractivity contribution in [3.8, 4) is 0 Å². The summed E-state index contributed by atoms with van der Waals surface area (Å²) in [6.45, 7) is 5.24. The Hall–Kier alpha value is -0.870. The second-order valence-corrected chi connectivity index (χ2v) is 8.41. The van der Waals surface area contributed by atoms with Gasteiger partial charge in [-0.25, -0.2) is 0 Å². The van der Waals surface area contributed by atoms with Crippen molar-refractivity contribution in [3.63, 3.8) is 0 Å². The van der Waals surface area contributed by atoms with E-state index in [1.165, 1.54) is 11.1 Å². The fourth-order valence-electron chi connectivity index (χ4n) is 3.75. The van der Waals surface area contributed by atoms with Gasteiger partial charge in [-0.1, -0.05) is 28.9 Å². The number of halogens is 1. The van der Waals surface area contributed by atoms with E-state index in [1.54, 1.807) is 0 Å². The third kappa shape index (κ3) is 3.09. The number of carbonyl (C=O) groups is 1. The van der Waals surface area contributed by atoms with E-state index in [2.05, 4.69) is 64.9 Å². The molecule has 120 valence electrons. The van der Waals surface area contributed by atoms with Crippen LogP contribution in [0.1, 0.15) is 36.8 Å². The van der Waals surface area contributed by atoms with E-state index >= 15 is 0 Å². The third-order valence-electron chi connectivity index (χ3n) is 5.10. The number of carbonyl (C=O) groups excluding carboxylic acids is 1. The highest BCUT2D eigenvalue weighted by molar-refractivity contribution is 9.10. The lowest BCUT2D eigenvalue weighted by Gasteiger charge is -2.49. The molecule has 1 amide bonds.